The van der Waals surface area contributed by atoms with Crippen LogP contribution in [0.4, 0.5) is 11.4 Å². The molecule has 34 heavy (non-hydrogen) atoms. The fourth-order valence-electron chi connectivity index (χ4n) is 4.65. The first-order valence-corrected chi connectivity index (χ1v) is 11.8. The summed E-state index contributed by atoms with van der Waals surface area (Å²) in [4.78, 5) is 4.40. The molecule has 0 fully saturated rings. The van der Waals surface area contributed by atoms with Gasteiger partial charge in [-0.2, -0.15) is 4.57 Å². The number of fused-ring (bicyclic) bond motifs is 3. The molecule has 0 aliphatic carbocycles. The van der Waals surface area contributed by atoms with E-state index in [4.69, 9.17) is 11.5 Å². The van der Waals surface area contributed by atoms with Gasteiger partial charge in [0.25, 0.3) is 0 Å². The first-order valence-electron chi connectivity index (χ1n) is 11.8. The fourth-order valence-corrected chi connectivity index (χ4v) is 4.65. The molecule has 5 nitrogen and oxygen atoms in total. The third-order valence-electron chi connectivity index (χ3n) is 6.24. The maximum Gasteiger partial charge on any atom is 0.220 e. The van der Waals surface area contributed by atoms with Crippen LogP contribution in [0.3, 0.4) is 0 Å². The highest BCUT2D eigenvalue weighted by molar-refractivity contribution is 6.10. The number of aryl methyl sites for hydroxylation is 1. The van der Waals surface area contributed by atoms with Gasteiger partial charge in [-0.25, -0.2) is 0 Å². The minimum atomic E-state index is 0.766. The minimum Gasteiger partial charge on any atom is -0.399 e. The second kappa shape index (κ2) is 9.89. The molecule has 5 heteroatoms. The number of aromatic nitrogens is 2. The van der Waals surface area contributed by atoms with Gasteiger partial charge in [0, 0.05) is 66.2 Å². The predicted molar refractivity (Wildman–Crippen MR) is 141 cm³/mol. The van der Waals surface area contributed by atoms with E-state index in [1.54, 1.807) is 0 Å². The third-order valence-corrected chi connectivity index (χ3v) is 6.24. The normalized spacial score (nSPS) is 11.3. The van der Waals surface area contributed by atoms with Crippen LogP contribution >= 0.6 is 0 Å². The van der Waals surface area contributed by atoms with Gasteiger partial charge in [0.1, 0.15) is 0 Å². The quantitative estimate of drug-likeness (QED) is 0.139. The summed E-state index contributed by atoms with van der Waals surface area (Å²) < 4.78 is 2.41. The number of benzene rings is 3. The van der Waals surface area contributed by atoms with Crippen LogP contribution in [0.5, 0.6) is 0 Å². The zero-order valence-corrected chi connectivity index (χ0v) is 19.2. The first kappa shape index (κ1) is 21.9. The second-order valence-corrected chi connectivity index (χ2v) is 8.62. The van der Waals surface area contributed by atoms with E-state index in [0.29, 0.717) is 0 Å². The Labute approximate surface area is 200 Å². The molecule has 0 spiro atoms. The lowest BCUT2D eigenvalue weighted by Crippen LogP contribution is -2.39. The minimum absolute atomic E-state index is 0.766. The van der Waals surface area contributed by atoms with Gasteiger partial charge in [-0.15, -0.1) is 0 Å². The monoisotopic (exact) mass is 448 g/mol. The molecule has 0 saturated carbocycles. The van der Waals surface area contributed by atoms with Gasteiger partial charge in [-0.3, -0.25) is 4.98 Å². The van der Waals surface area contributed by atoms with Crippen LogP contribution in [0.1, 0.15) is 12.1 Å². The smallest absolute Gasteiger partial charge is 0.220 e. The van der Waals surface area contributed by atoms with Gasteiger partial charge in [0.2, 0.25) is 11.2 Å². The summed E-state index contributed by atoms with van der Waals surface area (Å²) in [5, 5.41) is 7.10. The lowest BCUT2D eigenvalue weighted by atomic mass is 9.98. The summed E-state index contributed by atoms with van der Waals surface area (Å²) in [6.45, 7) is 2.70. The summed E-state index contributed by atoms with van der Waals surface area (Å²) in [5.41, 5.74) is 18.6. The molecule has 5 aromatic rings. The molecule has 0 radical (unpaired) electrons. The maximum absolute atomic E-state index is 6.25. The van der Waals surface area contributed by atoms with E-state index >= 15 is 0 Å². The van der Waals surface area contributed by atoms with E-state index in [9.17, 15) is 0 Å². The molecule has 5 rings (SSSR count). The molecule has 0 unspecified atom stereocenters. The molecule has 0 atom stereocenters. The molecule has 0 bridgehead atoms. The number of nitrogen functional groups attached to an aromatic ring is 2. The zero-order valence-electron chi connectivity index (χ0n) is 19.2. The molecule has 0 amide bonds. The molecule has 2 aromatic heterocycles. The standard InChI is InChI=1S/C29H29N5/c30-22-10-12-25-26-13-11-23(31)20-28(26)34(29(27(25)19-22)21-7-2-1-3-8-21)18-6-15-32-17-14-24-9-4-5-16-33-24/h1-5,7-13,16,19-20,31-32H,6,14-15,17-18,30H2/p+1. The van der Waals surface area contributed by atoms with Gasteiger partial charge >= 0.3 is 0 Å². The molecule has 3 aromatic carbocycles. The molecule has 0 aliphatic rings. The highest BCUT2D eigenvalue weighted by atomic mass is 15.0. The number of anilines is 2. The van der Waals surface area contributed by atoms with Gasteiger partial charge < -0.3 is 16.8 Å². The number of hydrogen-bond acceptors (Lipinski definition) is 4. The van der Waals surface area contributed by atoms with Crippen molar-refractivity contribution in [2.75, 3.05) is 24.6 Å². The number of pyridine rings is 2. The second-order valence-electron chi connectivity index (χ2n) is 8.62. The van der Waals surface area contributed by atoms with Crippen molar-refractivity contribution in [1.82, 2.24) is 10.3 Å². The Morgan fingerprint density at radius 1 is 0.735 bits per heavy atom. The van der Waals surface area contributed by atoms with Gasteiger partial charge in [-0.1, -0.05) is 30.3 Å². The maximum atomic E-state index is 6.25. The Balaban J connectivity index is 1.49. The summed E-state index contributed by atoms with van der Waals surface area (Å²) in [6.07, 6.45) is 3.77. The highest BCUT2D eigenvalue weighted by Gasteiger charge is 2.23. The molecule has 0 saturated heterocycles. The van der Waals surface area contributed by atoms with Gasteiger partial charge in [0.05, 0.1) is 10.8 Å². The Kier molecular flexibility index (Phi) is 6.36. The summed E-state index contributed by atoms with van der Waals surface area (Å²) >= 11 is 0. The van der Waals surface area contributed by atoms with Gasteiger partial charge in [0.15, 0.2) is 6.54 Å². The molecular formula is C29H30N5+. The lowest BCUT2D eigenvalue weighted by Gasteiger charge is -2.13. The van der Waals surface area contributed by atoms with Crippen molar-refractivity contribution in [1.29, 1.82) is 0 Å². The van der Waals surface area contributed by atoms with Crippen molar-refractivity contribution < 1.29 is 4.57 Å². The average Bonchev–Trinajstić information content (AvgIpc) is 2.87. The van der Waals surface area contributed by atoms with Crippen LogP contribution in [0.25, 0.3) is 32.9 Å². The van der Waals surface area contributed by atoms with Crippen LogP contribution < -0.4 is 21.4 Å². The van der Waals surface area contributed by atoms with Crippen LogP contribution in [0.15, 0.2) is 91.1 Å². The summed E-state index contributed by atoms with van der Waals surface area (Å²) in [6, 6.07) is 29.0. The SMILES string of the molecule is Nc1ccc2c(c1)c(-c1ccccc1)[n+](CCCNCCc1ccccn1)c1cc(N)ccc21. The van der Waals surface area contributed by atoms with E-state index < -0.39 is 0 Å². The Bertz CT molecular complexity index is 1420. The van der Waals surface area contributed by atoms with Crippen LogP contribution in [0, 0.1) is 0 Å². The van der Waals surface area contributed by atoms with Crippen LogP contribution in [-0.4, -0.2) is 18.1 Å². The molecule has 170 valence electrons. The Morgan fingerprint density at radius 2 is 1.50 bits per heavy atom. The van der Waals surface area contributed by atoms with Crippen molar-refractivity contribution in [2.45, 2.75) is 19.4 Å². The van der Waals surface area contributed by atoms with Crippen LogP contribution in [0.2, 0.25) is 0 Å². The number of nitrogens with one attached hydrogen (secondary N) is 1. The molecule has 2 heterocycles. The Morgan fingerprint density at radius 3 is 2.29 bits per heavy atom. The van der Waals surface area contributed by atoms with Crippen molar-refractivity contribution in [3.8, 4) is 11.3 Å². The van der Waals surface area contributed by atoms with Crippen molar-refractivity contribution in [2.24, 2.45) is 0 Å². The lowest BCUT2D eigenvalue weighted by molar-refractivity contribution is -0.659. The average molecular weight is 449 g/mol. The van der Waals surface area contributed by atoms with E-state index in [0.717, 1.165) is 60.4 Å². The van der Waals surface area contributed by atoms with Crippen molar-refractivity contribution >= 4 is 33.1 Å². The van der Waals surface area contributed by atoms with E-state index in [1.165, 1.54) is 22.0 Å². The zero-order chi connectivity index (χ0) is 23.3. The number of hydrogen-bond donors (Lipinski definition) is 3. The predicted octanol–water partition coefficient (Wildman–Crippen LogP) is 4.73. The van der Waals surface area contributed by atoms with E-state index in [2.05, 4.69) is 75.5 Å². The highest BCUT2D eigenvalue weighted by Crippen LogP contribution is 2.33. The first-order chi connectivity index (χ1) is 16.7. The van der Waals surface area contributed by atoms with E-state index in [1.807, 2.05) is 30.5 Å². The fraction of sp³-hybridized carbons (Fsp3) is 0.172. The number of nitrogens with two attached hydrogens (primary N) is 2. The van der Waals surface area contributed by atoms with Gasteiger partial charge in [-0.05, 0) is 48.5 Å². The van der Waals surface area contributed by atoms with Crippen LogP contribution in [-0.2, 0) is 13.0 Å². The summed E-state index contributed by atoms with van der Waals surface area (Å²) in [5.74, 6) is 0. The third kappa shape index (κ3) is 4.56. The molecule has 5 N–H and O–H groups in total. The van der Waals surface area contributed by atoms with E-state index in [-0.39, 0.29) is 0 Å². The topological polar surface area (TPSA) is 80.8 Å². The largest absolute Gasteiger partial charge is 0.399 e. The number of rotatable bonds is 8. The molecule has 0 aliphatic heterocycles. The Hall–Kier alpha value is -3.96. The van der Waals surface area contributed by atoms with Crippen molar-refractivity contribution in [3.05, 3.63) is 96.8 Å². The molecular weight excluding hydrogens is 418 g/mol. The number of nitrogens with zero attached hydrogens (tertiary/aromatic N) is 2. The summed E-state index contributed by atoms with van der Waals surface area (Å²) in [7, 11) is 0. The van der Waals surface area contributed by atoms with Crippen molar-refractivity contribution in [3.63, 3.8) is 0 Å².